The van der Waals surface area contributed by atoms with E-state index in [1.807, 2.05) is 0 Å². The molecule has 2 N–H and O–H groups in total. The van der Waals surface area contributed by atoms with E-state index < -0.39 is 11.5 Å². The van der Waals surface area contributed by atoms with Gasteiger partial charge in [0.15, 0.2) is 0 Å². The first-order chi connectivity index (χ1) is 10.1. The number of carbonyl (C=O) groups is 2. The van der Waals surface area contributed by atoms with Crippen molar-refractivity contribution in [3.8, 4) is 0 Å². The van der Waals surface area contributed by atoms with Crippen LogP contribution in [0.3, 0.4) is 0 Å². The van der Waals surface area contributed by atoms with Crippen molar-refractivity contribution < 1.29 is 19.4 Å². The topological polar surface area (TPSA) is 88.5 Å². The lowest BCUT2D eigenvalue weighted by atomic mass is 9.86. The fourth-order valence-corrected chi connectivity index (χ4v) is 3.58. The standard InChI is InChI=1S/C14H18N2O4S/c17-11(18)7-14(3-5-20-6-4-14)16-12(19)10-8-21-13(15-10)9-1-2-9/h8-9H,1-7H2,(H,16,19)(H,17,18). The Morgan fingerprint density at radius 2 is 2.14 bits per heavy atom. The molecule has 0 aromatic carbocycles. The molecule has 1 saturated carbocycles. The van der Waals surface area contributed by atoms with E-state index in [1.165, 1.54) is 11.3 Å². The summed E-state index contributed by atoms with van der Waals surface area (Å²) in [5, 5.41) is 14.8. The van der Waals surface area contributed by atoms with Crippen molar-refractivity contribution in [3.05, 3.63) is 16.1 Å². The largest absolute Gasteiger partial charge is 0.481 e. The molecule has 21 heavy (non-hydrogen) atoms. The molecule has 0 unspecified atom stereocenters. The molecule has 0 spiro atoms. The van der Waals surface area contributed by atoms with Crippen molar-refractivity contribution in [2.24, 2.45) is 0 Å². The van der Waals surface area contributed by atoms with Crippen LogP contribution in [-0.2, 0) is 9.53 Å². The van der Waals surface area contributed by atoms with Crippen LogP contribution in [0, 0.1) is 0 Å². The lowest BCUT2D eigenvalue weighted by molar-refractivity contribution is -0.139. The van der Waals surface area contributed by atoms with E-state index in [4.69, 9.17) is 9.84 Å². The Balaban J connectivity index is 1.71. The summed E-state index contributed by atoms with van der Waals surface area (Å²) in [6.07, 6.45) is 3.25. The van der Waals surface area contributed by atoms with Gasteiger partial charge in [-0.1, -0.05) is 0 Å². The minimum absolute atomic E-state index is 0.0816. The lowest BCUT2D eigenvalue weighted by Crippen LogP contribution is -2.53. The fourth-order valence-electron chi connectivity index (χ4n) is 2.61. The molecule has 1 aliphatic heterocycles. The molecule has 1 aromatic heterocycles. The molecular weight excluding hydrogens is 292 g/mol. The number of hydrogen-bond acceptors (Lipinski definition) is 5. The smallest absolute Gasteiger partial charge is 0.305 e. The van der Waals surface area contributed by atoms with Crippen molar-refractivity contribution in [2.45, 2.75) is 43.6 Å². The molecule has 1 aliphatic carbocycles. The van der Waals surface area contributed by atoms with Crippen molar-refractivity contribution >= 4 is 23.2 Å². The summed E-state index contributed by atoms with van der Waals surface area (Å²) in [5.74, 6) is -0.664. The minimum Gasteiger partial charge on any atom is -0.481 e. The monoisotopic (exact) mass is 310 g/mol. The van der Waals surface area contributed by atoms with E-state index in [-0.39, 0.29) is 12.3 Å². The third kappa shape index (κ3) is 3.41. The molecular formula is C14H18N2O4S. The summed E-state index contributed by atoms with van der Waals surface area (Å²) in [6, 6.07) is 0. The van der Waals surface area contributed by atoms with Crippen LogP contribution >= 0.6 is 11.3 Å². The second-order valence-electron chi connectivity index (χ2n) is 5.76. The maximum atomic E-state index is 12.4. The first kappa shape index (κ1) is 14.5. The van der Waals surface area contributed by atoms with Crippen LogP contribution in [0.15, 0.2) is 5.38 Å². The van der Waals surface area contributed by atoms with Crippen molar-refractivity contribution in [1.29, 1.82) is 0 Å². The van der Waals surface area contributed by atoms with Gasteiger partial charge in [-0.2, -0.15) is 0 Å². The van der Waals surface area contributed by atoms with Gasteiger partial charge in [0, 0.05) is 24.5 Å². The van der Waals surface area contributed by atoms with Crippen LogP contribution in [0.4, 0.5) is 0 Å². The van der Waals surface area contributed by atoms with Gasteiger partial charge in [-0.05, 0) is 25.7 Å². The first-order valence-corrected chi connectivity index (χ1v) is 8.03. The van der Waals surface area contributed by atoms with Gasteiger partial charge in [0.2, 0.25) is 0 Å². The summed E-state index contributed by atoms with van der Waals surface area (Å²) in [4.78, 5) is 27.8. The molecule has 2 fully saturated rings. The van der Waals surface area contributed by atoms with Crippen LogP contribution in [0.5, 0.6) is 0 Å². The number of nitrogens with one attached hydrogen (secondary N) is 1. The zero-order valence-corrected chi connectivity index (χ0v) is 12.4. The zero-order valence-electron chi connectivity index (χ0n) is 11.6. The van der Waals surface area contributed by atoms with Crippen LogP contribution < -0.4 is 5.32 Å². The second-order valence-corrected chi connectivity index (χ2v) is 6.65. The predicted molar refractivity (Wildman–Crippen MR) is 76.6 cm³/mol. The predicted octanol–water partition coefficient (Wildman–Crippen LogP) is 1.77. The Morgan fingerprint density at radius 3 is 2.76 bits per heavy atom. The van der Waals surface area contributed by atoms with Crippen LogP contribution in [0.2, 0.25) is 0 Å². The van der Waals surface area contributed by atoms with Crippen LogP contribution in [-0.4, -0.2) is 40.7 Å². The number of carboxylic acids is 1. The molecule has 1 amide bonds. The SMILES string of the molecule is O=C(O)CC1(NC(=O)c2csc(C3CC3)n2)CCOCC1. The van der Waals surface area contributed by atoms with E-state index in [0.717, 1.165) is 17.8 Å². The highest BCUT2D eigenvalue weighted by Crippen LogP contribution is 2.41. The quantitative estimate of drug-likeness (QED) is 0.865. The molecule has 0 radical (unpaired) electrons. The molecule has 0 atom stereocenters. The van der Waals surface area contributed by atoms with Gasteiger partial charge in [0.25, 0.3) is 5.91 Å². The van der Waals surface area contributed by atoms with Gasteiger partial charge in [0.05, 0.1) is 17.0 Å². The van der Waals surface area contributed by atoms with Crippen molar-refractivity contribution in [3.63, 3.8) is 0 Å². The molecule has 3 rings (SSSR count). The number of nitrogens with zero attached hydrogens (tertiary/aromatic N) is 1. The number of amides is 1. The Hall–Kier alpha value is -1.47. The Kier molecular flexibility index (Phi) is 3.95. The summed E-state index contributed by atoms with van der Waals surface area (Å²) < 4.78 is 5.28. The van der Waals surface area contributed by atoms with Crippen molar-refractivity contribution in [2.75, 3.05) is 13.2 Å². The van der Waals surface area contributed by atoms with Gasteiger partial charge in [-0.3, -0.25) is 9.59 Å². The maximum Gasteiger partial charge on any atom is 0.305 e. The number of thiazole rings is 1. The fraction of sp³-hybridized carbons (Fsp3) is 0.643. The normalized spacial score (nSPS) is 21.0. The maximum absolute atomic E-state index is 12.4. The molecule has 6 nitrogen and oxygen atoms in total. The van der Waals surface area contributed by atoms with Gasteiger partial charge < -0.3 is 15.2 Å². The second kappa shape index (κ2) is 5.73. The molecule has 0 bridgehead atoms. The molecule has 1 saturated heterocycles. The summed E-state index contributed by atoms with van der Waals surface area (Å²) >= 11 is 1.51. The van der Waals surface area contributed by atoms with Gasteiger partial charge in [0.1, 0.15) is 5.69 Å². The number of aromatic nitrogens is 1. The lowest BCUT2D eigenvalue weighted by Gasteiger charge is -2.36. The third-order valence-corrected chi connectivity index (χ3v) is 5.01. The van der Waals surface area contributed by atoms with E-state index in [1.54, 1.807) is 5.38 Å². The molecule has 114 valence electrons. The molecule has 2 heterocycles. The number of hydrogen-bond donors (Lipinski definition) is 2. The average Bonchev–Trinajstić information content (AvgIpc) is 3.16. The Morgan fingerprint density at radius 1 is 1.43 bits per heavy atom. The zero-order chi connectivity index (χ0) is 14.9. The number of aliphatic carboxylic acids is 1. The average molecular weight is 310 g/mol. The van der Waals surface area contributed by atoms with E-state index in [9.17, 15) is 9.59 Å². The van der Waals surface area contributed by atoms with E-state index in [2.05, 4.69) is 10.3 Å². The van der Waals surface area contributed by atoms with Crippen molar-refractivity contribution in [1.82, 2.24) is 10.3 Å². The number of carbonyl (C=O) groups excluding carboxylic acids is 1. The van der Waals surface area contributed by atoms with Crippen LogP contribution in [0.25, 0.3) is 0 Å². The van der Waals surface area contributed by atoms with Gasteiger partial charge in [-0.15, -0.1) is 11.3 Å². The number of carboxylic acid groups (broad SMARTS) is 1. The van der Waals surface area contributed by atoms with Gasteiger partial charge in [-0.25, -0.2) is 4.98 Å². The first-order valence-electron chi connectivity index (χ1n) is 7.15. The Bertz CT molecular complexity index is 547. The van der Waals surface area contributed by atoms with E-state index >= 15 is 0 Å². The molecule has 1 aromatic rings. The highest BCUT2D eigenvalue weighted by molar-refractivity contribution is 7.10. The van der Waals surface area contributed by atoms with Gasteiger partial charge >= 0.3 is 5.97 Å². The minimum atomic E-state index is -0.908. The summed E-state index contributed by atoms with van der Waals surface area (Å²) in [6.45, 7) is 0.940. The van der Waals surface area contributed by atoms with Crippen LogP contribution in [0.1, 0.15) is 53.5 Å². The number of rotatable bonds is 5. The molecule has 2 aliphatic rings. The summed E-state index contributed by atoms with van der Waals surface area (Å²) in [7, 11) is 0. The number of ether oxygens (including phenoxy) is 1. The van der Waals surface area contributed by atoms with E-state index in [0.29, 0.717) is 37.7 Å². The Labute approximate surface area is 126 Å². The summed E-state index contributed by atoms with van der Waals surface area (Å²) in [5.41, 5.74) is -0.317. The highest BCUT2D eigenvalue weighted by Gasteiger charge is 2.37. The molecule has 7 heteroatoms. The highest BCUT2D eigenvalue weighted by atomic mass is 32.1. The third-order valence-electron chi connectivity index (χ3n) is 4.00.